The average molecular weight is 398 g/mol. The monoisotopic (exact) mass is 398 g/mol. The van der Waals surface area contributed by atoms with Gasteiger partial charge in [-0.3, -0.25) is 9.59 Å². The van der Waals surface area contributed by atoms with Gasteiger partial charge in [0.15, 0.2) is 0 Å². The van der Waals surface area contributed by atoms with Gasteiger partial charge >= 0.3 is 0 Å². The van der Waals surface area contributed by atoms with E-state index in [0.29, 0.717) is 43.2 Å². The second kappa shape index (κ2) is 9.93. The van der Waals surface area contributed by atoms with Crippen LogP contribution in [-0.4, -0.2) is 45.8 Å². The van der Waals surface area contributed by atoms with Crippen molar-refractivity contribution >= 4 is 17.5 Å². The second-order valence-electron chi connectivity index (χ2n) is 6.85. The zero-order valence-electron chi connectivity index (χ0n) is 16.7. The number of amides is 2. The third-order valence-corrected chi connectivity index (χ3v) is 4.77. The van der Waals surface area contributed by atoms with E-state index >= 15 is 0 Å². The van der Waals surface area contributed by atoms with Gasteiger partial charge in [-0.1, -0.05) is 0 Å². The van der Waals surface area contributed by atoms with Gasteiger partial charge < -0.3 is 24.8 Å². The Morgan fingerprint density at radius 2 is 1.93 bits per heavy atom. The molecule has 7 nitrogen and oxygen atoms in total. The van der Waals surface area contributed by atoms with E-state index in [-0.39, 0.29) is 17.7 Å². The molecule has 0 aromatic heterocycles. The molecule has 0 fully saturated rings. The number of fused-ring (bicyclic) bond motifs is 1. The summed E-state index contributed by atoms with van der Waals surface area (Å²) in [5.74, 6) is 0.948. The highest BCUT2D eigenvalue weighted by atomic mass is 16.5. The van der Waals surface area contributed by atoms with E-state index < -0.39 is 0 Å². The summed E-state index contributed by atoms with van der Waals surface area (Å²) in [5, 5.41) is 5.81. The van der Waals surface area contributed by atoms with Crippen molar-refractivity contribution < 1.29 is 23.8 Å². The highest BCUT2D eigenvalue weighted by Crippen LogP contribution is 2.30. The van der Waals surface area contributed by atoms with Crippen molar-refractivity contribution in [1.82, 2.24) is 5.32 Å². The van der Waals surface area contributed by atoms with E-state index in [1.54, 1.807) is 44.6 Å². The van der Waals surface area contributed by atoms with E-state index in [2.05, 4.69) is 10.6 Å². The summed E-state index contributed by atoms with van der Waals surface area (Å²) in [4.78, 5) is 24.8. The minimum absolute atomic E-state index is 0.0283. The fourth-order valence-corrected chi connectivity index (χ4v) is 3.16. The number of methoxy groups -OCH3 is 2. The molecule has 0 aliphatic carbocycles. The first-order chi connectivity index (χ1) is 14.1. The van der Waals surface area contributed by atoms with Gasteiger partial charge in [-0.05, 0) is 60.9 Å². The van der Waals surface area contributed by atoms with Gasteiger partial charge in [0.25, 0.3) is 5.91 Å². The molecule has 2 aromatic carbocycles. The molecule has 1 aliphatic rings. The molecule has 7 heteroatoms. The van der Waals surface area contributed by atoms with Crippen molar-refractivity contribution in [2.45, 2.75) is 12.8 Å². The molecule has 154 valence electrons. The third kappa shape index (κ3) is 5.48. The highest BCUT2D eigenvalue weighted by Gasteiger charge is 2.26. The second-order valence-corrected chi connectivity index (χ2v) is 6.85. The van der Waals surface area contributed by atoms with Crippen LogP contribution in [0.3, 0.4) is 0 Å². The van der Waals surface area contributed by atoms with Gasteiger partial charge in [0, 0.05) is 31.5 Å². The maximum absolute atomic E-state index is 12.5. The molecule has 2 N–H and O–H groups in total. The zero-order valence-corrected chi connectivity index (χ0v) is 16.7. The van der Waals surface area contributed by atoms with Crippen molar-refractivity contribution in [2.24, 2.45) is 5.92 Å². The van der Waals surface area contributed by atoms with Crippen LogP contribution in [0.2, 0.25) is 0 Å². The number of anilines is 1. The molecule has 1 aliphatic heterocycles. The van der Waals surface area contributed by atoms with Crippen LogP contribution in [0.25, 0.3) is 0 Å². The molecule has 1 atom stereocenters. The van der Waals surface area contributed by atoms with E-state index in [1.165, 1.54) is 0 Å². The number of carbonyl (C=O) groups is 2. The predicted octanol–water partition coefficient (Wildman–Crippen LogP) is 2.65. The third-order valence-electron chi connectivity index (χ3n) is 4.77. The Bertz CT molecular complexity index is 851. The fourth-order valence-electron chi connectivity index (χ4n) is 3.16. The van der Waals surface area contributed by atoms with Crippen LogP contribution >= 0.6 is 0 Å². The Morgan fingerprint density at radius 3 is 2.66 bits per heavy atom. The number of carbonyl (C=O) groups excluding carboxylic acids is 2. The standard InChI is InChI=1S/C22H26N2O5/c1-27-11-3-10-23-21(25)17-12-16-13-18(6-9-20(16)29-14-17)24-22(26)15-4-7-19(28-2)8-5-15/h4-9,13,17H,3,10-12,14H2,1-2H3,(H,23,25)(H,24,26)/t17-/m1/s1. The van der Waals surface area contributed by atoms with E-state index in [9.17, 15) is 9.59 Å². The van der Waals surface area contributed by atoms with Crippen molar-refractivity contribution in [3.05, 3.63) is 53.6 Å². The van der Waals surface area contributed by atoms with Gasteiger partial charge in [-0.15, -0.1) is 0 Å². The highest BCUT2D eigenvalue weighted by molar-refractivity contribution is 6.04. The van der Waals surface area contributed by atoms with Gasteiger partial charge in [-0.25, -0.2) is 0 Å². The lowest BCUT2D eigenvalue weighted by atomic mass is 9.95. The molecule has 29 heavy (non-hydrogen) atoms. The summed E-state index contributed by atoms with van der Waals surface area (Å²) < 4.78 is 15.8. The minimum atomic E-state index is -0.252. The smallest absolute Gasteiger partial charge is 0.255 e. The number of hydrogen-bond donors (Lipinski definition) is 2. The van der Waals surface area contributed by atoms with Crippen LogP contribution in [0.15, 0.2) is 42.5 Å². The molecule has 0 saturated carbocycles. The van der Waals surface area contributed by atoms with Gasteiger partial charge in [0.2, 0.25) is 5.91 Å². The SMILES string of the molecule is COCCCNC(=O)[C@H]1COc2ccc(NC(=O)c3ccc(OC)cc3)cc2C1. The number of hydrogen-bond acceptors (Lipinski definition) is 5. The lowest BCUT2D eigenvalue weighted by Crippen LogP contribution is -2.38. The van der Waals surface area contributed by atoms with Crippen LogP contribution in [0, 0.1) is 5.92 Å². The summed E-state index contributed by atoms with van der Waals surface area (Å²) in [6.07, 6.45) is 1.34. The maximum atomic E-state index is 12.5. The molecule has 0 radical (unpaired) electrons. The minimum Gasteiger partial charge on any atom is -0.497 e. The lowest BCUT2D eigenvalue weighted by Gasteiger charge is -2.25. The largest absolute Gasteiger partial charge is 0.497 e. The molecule has 1 heterocycles. The molecular weight excluding hydrogens is 372 g/mol. The average Bonchev–Trinajstić information content (AvgIpc) is 2.76. The Morgan fingerprint density at radius 1 is 1.14 bits per heavy atom. The first-order valence-corrected chi connectivity index (χ1v) is 9.58. The molecule has 0 bridgehead atoms. The number of benzene rings is 2. The molecule has 0 spiro atoms. The summed E-state index contributed by atoms with van der Waals surface area (Å²) in [6, 6.07) is 12.4. The Kier molecular flexibility index (Phi) is 7.08. The summed E-state index contributed by atoms with van der Waals surface area (Å²) >= 11 is 0. The van der Waals surface area contributed by atoms with Gasteiger partial charge in [0.1, 0.15) is 18.1 Å². The molecule has 3 rings (SSSR count). The van der Waals surface area contributed by atoms with Crippen LogP contribution in [0.4, 0.5) is 5.69 Å². The van der Waals surface area contributed by atoms with Crippen molar-refractivity contribution in [3.63, 3.8) is 0 Å². The van der Waals surface area contributed by atoms with E-state index in [0.717, 1.165) is 17.7 Å². The first kappa shape index (κ1) is 20.7. The summed E-state index contributed by atoms with van der Waals surface area (Å²) in [5.41, 5.74) is 2.10. The molecule has 0 saturated heterocycles. The van der Waals surface area contributed by atoms with E-state index in [1.807, 2.05) is 12.1 Å². The van der Waals surface area contributed by atoms with Crippen LogP contribution in [-0.2, 0) is 16.0 Å². The number of rotatable bonds is 8. The summed E-state index contributed by atoms with van der Waals surface area (Å²) in [7, 11) is 3.22. The van der Waals surface area contributed by atoms with Crippen molar-refractivity contribution in [3.8, 4) is 11.5 Å². The first-order valence-electron chi connectivity index (χ1n) is 9.58. The molecular formula is C22H26N2O5. The maximum Gasteiger partial charge on any atom is 0.255 e. The number of ether oxygens (including phenoxy) is 3. The van der Waals surface area contributed by atoms with Crippen LogP contribution < -0.4 is 20.1 Å². The Balaban J connectivity index is 1.61. The Labute approximate surface area is 170 Å². The van der Waals surface area contributed by atoms with Gasteiger partial charge in [-0.2, -0.15) is 0 Å². The van der Waals surface area contributed by atoms with Crippen LogP contribution in [0.5, 0.6) is 11.5 Å². The summed E-state index contributed by atoms with van der Waals surface area (Å²) in [6.45, 7) is 1.54. The fraction of sp³-hybridized carbons (Fsp3) is 0.364. The number of nitrogens with one attached hydrogen (secondary N) is 2. The van der Waals surface area contributed by atoms with E-state index in [4.69, 9.17) is 14.2 Å². The quantitative estimate of drug-likeness (QED) is 0.668. The van der Waals surface area contributed by atoms with Gasteiger partial charge in [0.05, 0.1) is 13.0 Å². The molecule has 2 amide bonds. The predicted molar refractivity (Wildman–Crippen MR) is 110 cm³/mol. The van der Waals surface area contributed by atoms with Crippen LogP contribution in [0.1, 0.15) is 22.3 Å². The molecule has 2 aromatic rings. The molecule has 0 unspecified atom stereocenters. The van der Waals surface area contributed by atoms with Crippen molar-refractivity contribution in [1.29, 1.82) is 0 Å². The lowest BCUT2D eigenvalue weighted by molar-refractivity contribution is -0.126. The topological polar surface area (TPSA) is 85.9 Å². The Hall–Kier alpha value is -3.06. The van der Waals surface area contributed by atoms with Crippen molar-refractivity contribution in [2.75, 3.05) is 39.3 Å². The zero-order chi connectivity index (χ0) is 20.6. The normalized spacial score (nSPS) is 15.0.